The minimum Gasteiger partial charge on any atom is -0.350 e. The molecule has 1 saturated heterocycles. The number of carbonyl (C=O) groups excluding carboxylic acids is 1. The maximum absolute atomic E-state index is 11.6. The molecule has 2 rings (SSSR count). The van der Waals surface area contributed by atoms with Gasteiger partial charge in [-0.05, 0) is 37.4 Å². The Hall–Kier alpha value is -0.520. The Morgan fingerprint density at radius 2 is 2.35 bits per heavy atom. The average Bonchev–Trinajstić information content (AvgIpc) is 2.88. The molecule has 17 heavy (non-hydrogen) atoms. The van der Waals surface area contributed by atoms with Crippen LogP contribution in [0, 0.1) is 0 Å². The number of hydrogen-bond donors (Lipinski definition) is 2. The fourth-order valence-corrected chi connectivity index (χ4v) is 3.51. The molecule has 1 aliphatic rings. The van der Waals surface area contributed by atoms with Gasteiger partial charge in [-0.2, -0.15) is 0 Å². The lowest BCUT2D eigenvalue weighted by Crippen LogP contribution is -2.31. The molecule has 1 aromatic heterocycles. The van der Waals surface area contributed by atoms with Gasteiger partial charge in [0.15, 0.2) is 0 Å². The van der Waals surface area contributed by atoms with Crippen LogP contribution in [0.5, 0.6) is 0 Å². The fourth-order valence-electron chi connectivity index (χ4n) is 1.81. The summed E-state index contributed by atoms with van der Waals surface area (Å²) in [6.45, 7) is 2.85. The molecule has 1 fully saturated rings. The minimum absolute atomic E-state index is 0.155. The molecule has 0 spiro atoms. The fraction of sp³-hybridized carbons (Fsp3) is 0.583. The first kappa shape index (κ1) is 12.9. The SMILES string of the molecule is O=C(CSC1CCNCC1)NCc1cccs1. The molecular weight excluding hydrogens is 252 g/mol. The van der Waals surface area contributed by atoms with Crippen molar-refractivity contribution < 1.29 is 4.79 Å². The maximum atomic E-state index is 11.6. The topological polar surface area (TPSA) is 41.1 Å². The molecule has 94 valence electrons. The molecule has 0 aliphatic carbocycles. The molecule has 0 unspecified atom stereocenters. The van der Waals surface area contributed by atoms with Crippen LogP contribution in [0.4, 0.5) is 0 Å². The Kier molecular flexibility index (Phi) is 5.35. The number of nitrogens with one attached hydrogen (secondary N) is 2. The van der Waals surface area contributed by atoms with Crippen LogP contribution in [0.1, 0.15) is 17.7 Å². The van der Waals surface area contributed by atoms with E-state index in [-0.39, 0.29) is 5.91 Å². The van der Waals surface area contributed by atoms with Crippen molar-refractivity contribution in [2.24, 2.45) is 0 Å². The van der Waals surface area contributed by atoms with Crippen LogP contribution < -0.4 is 10.6 Å². The largest absolute Gasteiger partial charge is 0.350 e. The molecule has 0 bridgehead atoms. The Labute approximate surface area is 110 Å². The number of rotatable bonds is 5. The summed E-state index contributed by atoms with van der Waals surface area (Å²) in [5, 5.41) is 8.98. The van der Waals surface area contributed by atoms with Gasteiger partial charge in [0, 0.05) is 10.1 Å². The zero-order valence-corrected chi connectivity index (χ0v) is 11.4. The summed E-state index contributed by atoms with van der Waals surface area (Å²) in [7, 11) is 0. The Balaban J connectivity index is 1.60. The van der Waals surface area contributed by atoms with E-state index in [4.69, 9.17) is 0 Å². The van der Waals surface area contributed by atoms with Gasteiger partial charge in [-0.1, -0.05) is 6.07 Å². The van der Waals surface area contributed by atoms with E-state index >= 15 is 0 Å². The van der Waals surface area contributed by atoms with Crippen LogP contribution in [-0.4, -0.2) is 30.0 Å². The van der Waals surface area contributed by atoms with E-state index in [1.807, 2.05) is 17.5 Å². The molecule has 0 atom stereocenters. The van der Waals surface area contributed by atoms with Gasteiger partial charge in [-0.3, -0.25) is 4.79 Å². The first-order valence-corrected chi connectivity index (χ1v) is 7.89. The normalized spacial score (nSPS) is 16.9. The first-order chi connectivity index (χ1) is 8.34. The van der Waals surface area contributed by atoms with Gasteiger partial charge >= 0.3 is 0 Å². The van der Waals surface area contributed by atoms with E-state index in [1.165, 1.54) is 17.7 Å². The third kappa shape index (κ3) is 4.69. The lowest BCUT2D eigenvalue weighted by Gasteiger charge is -2.21. The van der Waals surface area contributed by atoms with Crippen LogP contribution >= 0.6 is 23.1 Å². The zero-order valence-electron chi connectivity index (χ0n) is 9.78. The zero-order chi connectivity index (χ0) is 11.9. The van der Waals surface area contributed by atoms with E-state index in [0.29, 0.717) is 17.5 Å². The summed E-state index contributed by atoms with van der Waals surface area (Å²) < 4.78 is 0. The number of piperidine rings is 1. The van der Waals surface area contributed by atoms with Gasteiger partial charge in [0.2, 0.25) is 5.91 Å². The third-order valence-electron chi connectivity index (χ3n) is 2.78. The number of thioether (sulfide) groups is 1. The third-order valence-corrected chi connectivity index (χ3v) is 5.02. The number of hydrogen-bond acceptors (Lipinski definition) is 4. The van der Waals surface area contributed by atoms with E-state index < -0.39 is 0 Å². The predicted molar refractivity (Wildman–Crippen MR) is 74.5 cm³/mol. The Morgan fingerprint density at radius 3 is 3.06 bits per heavy atom. The highest BCUT2D eigenvalue weighted by Gasteiger charge is 2.14. The van der Waals surface area contributed by atoms with Gasteiger partial charge in [-0.25, -0.2) is 0 Å². The lowest BCUT2D eigenvalue weighted by atomic mass is 10.2. The highest BCUT2D eigenvalue weighted by Crippen LogP contribution is 2.19. The number of carbonyl (C=O) groups is 1. The molecule has 5 heteroatoms. The molecule has 0 aromatic carbocycles. The molecule has 0 saturated carbocycles. The Bertz CT molecular complexity index is 334. The number of amides is 1. The standard InChI is InChI=1S/C12H18N2OS2/c15-12(14-8-11-2-1-7-16-11)9-17-10-3-5-13-6-4-10/h1-2,7,10,13H,3-6,8-9H2,(H,14,15). The van der Waals surface area contributed by atoms with Gasteiger partial charge in [0.25, 0.3) is 0 Å². The number of thiophene rings is 1. The maximum Gasteiger partial charge on any atom is 0.230 e. The summed E-state index contributed by atoms with van der Waals surface area (Å²) in [5.74, 6) is 0.748. The van der Waals surface area contributed by atoms with Crippen molar-refractivity contribution in [2.75, 3.05) is 18.8 Å². The van der Waals surface area contributed by atoms with Crippen molar-refractivity contribution in [3.05, 3.63) is 22.4 Å². The van der Waals surface area contributed by atoms with Crippen molar-refractivity contribution in [3.63, 3.8) is 0 Å². The summed E-state index contributed by atoms with van der Waals surface area (Å²) >= 11 is 3.48. The smallest absolute Gasteiger partial charge is 0.230 e. The second-order valence-corrected chi connectivity index (χ2v) is 6.44. The highest BCUT2D eigenvalue weighted by atomic mass is 32.2. The summed E-state index contributed by atoms with van der Waals surface area (Å²) in [4.78, 5) is 12.9. The molecule has 0 radical (unpaired) electrons. The van der Waals surface area contributed by atoms with Crippen molar-refractivity contribution in [2.45, 2.75) is 24.6 Å². The van der Waals surface area contributed by atoms with Gasteiger partial charge in [0.05, 0.1) is 12.3 Å². The second kappa shape index (κ2) is 7.03. The van der Waals surface area contributed by atoms with E-state index in [2.05, 4.69) is 10.6 Å². The lowest BCUT2D eigenvalue weighted by molar-refractivity contribution is -0.118. The first-order valence-electron chi connectivity index (χ1n) is 5.96. The van der Waals surface area contributed by atoms with E-state index in [0.717, 1.165) is 13.1 Å². The van der Waals surface area contributed by atoms with Crippen molar-refractivity contribution in [1.29, 1.82) is 0 Å². The predicted octanol–water partition coefficient (Wildman–Crippen LogP) is 1.85. The molecule has 3 nitrogen and oxygen atoms in total. The van der Waals surface area contributed by atoms with Crippen LogP contribution in [0.2, 0.25) is 0 Å². The summed E-state index contributed by atoms with van der Waals surface area (Å²) in [6.07, 6.45) is 2.37. The Morgan fingerprint density at radius 1 is 1.53 bits per heavy atom. The molecular formula is C12H18N2OS2. The van der Waals surface area contributed by atoms with Crippen LogP contribution in [0.25, 0.3) is 0 Å². The molecule has 2 N–H and O–H groups in total. The van der Waals surface area contributed by atoms with Gasteiger partial charge < -0.3 is 10.6 Å². The van der Waals surface area contributed by atoms with Crippen molar-refractivity contribution in [3.8, 4) is 0 Å². The van der Waals surface area contributed by atoms with Crippen LogP contribution in [-0.2, 0) is 11.3 Å². The van der Waals surface area contributed by atoms with E-state index in [1.54, 1.807) is 23.1 Å². The average molecular weight is 270 g/mol. The molecule has 1 aliphatic heterocycles. The van der Waals surface area contributed by atoms with Crippen molar-refractivity contribution in [1.82, 2.24) is 10.6 Å². The van der Waals surface area contributed by atoms with Gasteiger partial charge in [0.1, 0.15) is 0 Å². The summed E-state index contributed by atoms with van der Waals surface area (Å²) in [6, 6.07) is 4.06. The van der Waals surface area contributed by atoms with Crippen LogP contribution in [0.15, 0.2) is 17.5 Å². The molecule has 1 aromatic rings. The monoisotopic (exact) mass is 270 g/mol. The second-order valence-electron chi connectivity index (χ2n) is 4.12. The van der Waals surface area contributed by atoms with E-state index in [9.17, 15) is 4.79 Å². The van der Waals surface area contributed by atoms with Crippen molar-refractivity contribution >= 4 is 29.0 Å². The van der Waals surface area contributed by atoms with Gasteiger partial charge in [-0.15, -0.1) is 23.1 Å². The highest BCUT2D eigenvalue weighted by molar-refractivity contribution is 8.00. The minimum atomic E-state index is 0.155. The quantitative estimate of drug-likeness (QED) is 0.858. The molecule has 1 amide bonds. The summed E-state index contributed by atoms with van der Waals surface area (Å²) in [5.41, 5.74) is 0. The van der Waals surface area contributed by atoms with Crippen LogP contribution in [0.3, 0.4) is 0 Å². The molecule has 2 heterocycles.